The lowest BCUT2D eigenvalue weighted by molar-refractivity contribution is -0.119. The maximum absolute atomic E-state index is 12.7. The van der Waals surface area contributed by atoms with Crippen molar-refractivity contribution in [2.75, 3.05) is 32.7 Å². The number of hydrogen-bond acceptors (Lipinski definition) is 4. The van der Waals surface area contributed by atoms with Gasteiger partial charge in [-0.15, -0.1) is 0 Å². The Morgan fingerprint density at radius 1 is 1.20 bits per heavy atom. The quantitative estimate of drug-likeness (QED) is 0.550. The molecule has 0 saturated carbocycles. The largest absolute Gasteiger partial charge is 0.352 e. The Hall–Kier alpha value is -1.93. The van der Waals surface area contributed by atoms with Crippen LogP contribution in [0.25, 0.3) is 0 Å². The molecule has 0 bridgehead atoms. The van der Waals surface area contributed by atoms with E-state index in [2.05, 4.69) is 12.2 Å². The molecule has 8 heteroatoms. The summed E-state index contributed by atoms with van der Waals surface area (Å²) in [7, 11) is -3.67. The minimum atomic E-state index is -3.67. The van der Waals surface area contributed by atoms with Gasteiger partial charge in [0.2, 0.25) is 16.4 Å². The number of hydrogen-bond donors (Lipinski definition) is 1. The van der Waals surface area contributed by atoms with Crippen molar-refractivity contribution in [3.05, 3.63) is 29.8 Å². The van der Waals surface area contributed by atoms with E-state index in [1.165, 1.54) is 16.4 Å². The van der Waals surface area contributed by atoms with E-state index in [1.54, 1.807) is 17.0 Å². The van der Waals surface area contributed by atoms with Gasteiger partial charge >= 0.3 is 0 Å². The van der Waals surface area contributed by atoms with E-state index in [1.807, 2.05) is 0 Å². The van der Waals surface area contributed by atoms with Crippen molar-refractivity contribution in [1.82, 2.24) is 14.5 Å². The third kappa shape index (κ3) is 5.02. The van der Waals surface area contributed by atoms with Crippen molar-refractivity contribution in [3.8, 4) is 0 Å². The third-order valence-electron chi connectivity index (χ3n) is 4.22. The summed E-state index contributed by atoms with van der Waals surface area (Å²) < 4.78 is 26.8. The Labute approximate surface area is 149 Å². The van der Waals surface area contributed by atoms with Crippen molar-refractivity contribution in [3.63, 3.8) is 0 Å². The summed E-state index contributed by atoms with van der Waals surface area (Å²) in [5.74, 6) is -0.265. The summed E-state index contributed by atoms with van der Waals surface area (Å²) in [6.07, 6.45) is 3.75. The van der Waals surface area contributed by atoms with Crippen molar-refractivity contribution >= 4 is 22.3 Å². The first kappa shape index (κ1) is 19.4. The molecule has 1 aromatic carbocycles. The van der Waals surface area contributed by atoms with Crippen molar-refractivity contribution in [2.24, 2.45) is 0 Å². The van der Waals surface area contributed by atoms with Crippen LogP contribution in [-0.4, -0.2) is 62.7 Å². The van der Waals surface area contributed by atoms with Crippen LogP contribution in [0.1, 0.15) is 36.5 Å². The van der Waals surface area contributed by atoms with E-state index in [0.29, 0.717) is 25.2 Å². The molecule has 0 aliphatic carbocycles. The molecule has 1 fully saturated rings. The van der Waals surface area contributed by atoms with Gasteiger partial charge in [0.25, 0.3) is 5.91 Å². The highest BCUT2D eigenvalue weighted by Gasteiger charge is 2.28. The summed E-state index contributed by atoms with van der Waals surface area (Å²) in [6.45, 7) is 3.94. The maximum atomic E-state index is 12.7. The van der Waals surface area contributed by atoms with Crippen LogP contribution >= 0.6 is 0 Å². The molecule has 0 radical (unpaired) electrons. The van der Waals surface area contributed by atoms with E-state index >= 15 is 0 Å². The number of benzene rings is 1. The molecule has 25 heavy (non-hydrogen) atoms. The molecule has 1 aliphatic rings. The van der Waals surface area contributed by atoms with Crippen molar-refractivity contribution in [2.45, 2.75) is 31.1 Å². The van der Waals surface area contributed by atoms with E-state index in [-0.39, 0.29) is 23.9 Å². The molecule has 2 amide bonds. The zero-order valence-electron chi connectivity index (χ0n) is 14.5. The Morgan fingerprint density at radius 2 is 1.92 bits per heavy atom. The van der Waals surface area contributed by atoms with Crippen LogP contribution < -0.4 is 5.32 Å². The Balaban J connectivity index is 2.06. The molecule has 1 saturated heterocycles. The van der Waals surface area contributed by atoms with Crippen LogP contribution in [0.2, 0.25) is 0 Å². The average Bonchev–Trinajstić information content (AvgIpc) is 2.65. The number of carbonyl (C=O) groups excluding carboxylic acids is 2. The lowest BCUT2D eigenvalue weighted by atomic mass is 10.2. The predicted octanol–water partition coefficient (Wildman–Crippen LogP) is 1.07. The van der Waals surface area contributed by atoms with Crippen LogP contribution in [0.15, 0.2) is 29.2 Å². The maximum Gasteiger partial charge on any atom is 0.251 e. The highest BCUT2D eigenvalue weighted by molar-refractivity contribution is 7.89. The SMILES string of the molecule is CCCCCNC(=O)c1cccc(S(=O)(=O)N2CCN(C=O)CC2)c1. The lowest BCUT2D eigenvalue weighted by Crippen LogP contribution is -2.48. The second kappa shape index (κ2) is 8.96. The minimum absolute atomic E-state index is 0.105. The number of nitrogens with zero attached hydrogens (tertiary/aromatic N) is 2. The number of rotatable bonds is 8. The molecule has 0 unspecified atom stereocenters. The molecule has 0 atom stereocenters. The molecule has 7 nitrogen and oxygen atoms in total. The summed E-state index contributed by atoms with van der Waals surface area (Å²) in [5, 5.41) is 2.81. The second-order valence-electron chi connectivity index (χ2n) is 6.04. The zero-order chi connectivity index (χ0) is 18.3. The van der Waals surface area contributed by atoms with Gasteiger partial charge in [-0.2, -0.15) is 4.31 Å². The van der Waals surface area contributed by atoms with Gasteiger partial charge in [0.1, 0.15) is 0 Å². The van der Waals surface area contributed by atoms with E-state index < -0.39 is 10.0 Å². The predicted molar refractivity (Wildman–Crippen MR) is 94.7 cm³/mol. The number of unbranched alkanes of at least 4 members (excludes halogenated alkanes) is 2. The fourth-order valence-corrected chi connectivity index (χ4v) is 4.14. The normalized spacial score (nSPS) is 15.8. The Bertz CT molecular complexity index is 698. The lowest BCUT2D eigenvalue weighted by Gasteiger charge is -2.31. The minimum Gasteiger partial charge on any atom is -0.352 e. The van der Waals surface area contributed by atoms with E-state index in [9.17, 15) is 18.0 Å². The van der Waals surface area contributed by atoms with Gasteiger partial charge < -0.3 is 10.2 Å². The molecule has 2 rings (SSSR count). The number of piperazine rings is 1. The Kier molecular flexibility index (Phi) is 6.95. The molecule has 0 spiro atoms. The van der Waals surface area contributed by atoms with Crippen LogP contribution in [0, 0.1) is 0 Å². The van der Waals surface area contributed by atoms with Crippen LogP contribution in [0.5, 0.6) is 0 Å². The number of nitrogens with one attached hydrogen (secondary N) is 1. The first-order valence-electron chi connectivity index (χ1n) is 8.56. The van der Waals surface area contributed by atoms with Crippen molar-refractivity contribution < 1.29 is 18.0 Å². The molecule has 1 N–H and O–H groups in total. The summed E-state index contributed by atoms with van der Waals surface area (Å²) in [4.78, 5) is 24.6. The molecular weight excluding hydrogens is 342 g/mol. The summed E-state index contributed by atoms with van der Waals surface area (Å²) in [5.41, 5.74) is 0.337. The molecular formula is C17H25N3O4S. The van der Waals surface area contributed by atoms with Crippen molar-refractivity contribution in [1.29, 1.82) is 0 Å². The number of sulfonamides is 1. The zero-order valence-corrected chi connectivity index (χ0v) is 15.3. The number of amides is 2. The molecule has 1 aromatic rings. The van der Waals surface area contributed by atoms with Gasteiger partial charge in [0.15, 0.2) is 0 Å². The topological polar surface area (TPSA) is 86.8 Å². The highest BCUT2D eigenvalue weighted by atomic mass is 32.2. The van der Waals surface area contributed by atoms with Gasteiger partial charge in [-0.05, 0) is 24.6 Å². The average molecular weight is 367 g/mol. The molecule has 1 heterocycles. The Morgan fingerprint density at radius 3 is 2.56 bits per heavy atom. The highest BCUT2D eigenvalue weighted by Crippen LogP contribution is 2.18. The van der Waals surface area contributed by atoms with Gasteiger partial charge in [-0.1, -0.05) is 25.8 Å². The standard InChI is InChI=1S/C17H25N3O4S/c1-2-3-4-8-18-17(22)15-6-5-7-16(13-15)25(23,24)20-11-9-19(14-21)10-12-20/h5-7,13-14H,2-4,8-12H2,1H3,(H,18,22). The fourth-order valence-electron chi connectivity index (χ4n) is 2.68. The van der Waals surface area contributed by atoms with Gasteiger partial charge in [0.05, 0.1) is 4.90 Å². The molecule has 138 valence electrons. The monoisotopic (exact) mass is 367 g/mol. The first-order chi connectivity index (χ1) is 12.0. The van der Waals surface area contributed by atoms with Gasteiger partial charge in [0, 0.05) is 38.3 Å². The van der Waals surface area contributed by atoms with E-state index in [4.69, 9.17) is 0 Å². The number of carbonyl (C=O) groups is 2. The van der Waals surface area contributed by atoms with Gasteiger partial charge in [-0.25, -0.2) is 8.42 Å². The first-order valence-corrected chi connectivity index (χ1v) is 10.0. The molecule has 0 aromatic heterocycles. The smallest absolute Gasteiger partial charge is 0.251 e. The third-order valence-corrected chi connectivity index (χ3v) is 6.12. The molecule has 1 aliphatic heterocycles. The van der Waals surface area contributed by atoms with Crippen LogP contribution in [0.4, 0.5) is 0 Å². The van der Waals surface area contributed by atoms with E-state index in [0.717, 1.165) is 25.7 Å². The fraction of sp³-hybridized carbons (Fsp3) is 0.529. The van der Waals surface area contributed by atoms with Crippen LogP contribution in [0.3, 0.4) is 0 Å². The van der Waals surface area contributed by atoms with Crippen LogP contribution in [-0.2, 0) is 14.8 Å². The summed E-state index contributed by atoms with van der Waals surface area (Å²) >= 11 is 0. The summed E-state index contributed by atoms with van der Waals surface area (Å²) in [6, 6.07) is 6.10. The van der Waals surface area contributed by atoms with Gasteiger partial charge in [-0.3, -0.25) is 9.59 Å². The second-order valence-corrected chi connectivity index (χ2v) is 7.97.